The van der Waals surface area contributed by atoms with E-state index < -0.39 is 0 Å². The summed E-state index contributed by atoms with van der Waals surface area (Å²) in [6, 6.07) is 0. The first-order valence-corrected chi connectivity index (χ1v) is 6.80. The minimum atomic E-state index is 0.357. The summed E-state index contributed by atoms with van der Waals surface area (Å²) in [5.74, 6) is 7.72. The number of aromatic nitrogens is 2. The average Bonchev–Trinajstić information content (AvgIpc) is 2.66. The summed E-state index contributed by atoms with van der Waals surface area (Å²) in [5, 5.41) is 0. The molecular weight excluding hydrogens is 226 g/mol. The SMILES string of the molecule is CC(C)c1c(NN)ncnc1N1CCCCCC1. The van der Waals surface area contributed by atoms with Crippen LogP contribution in [0.25, 0.3) is 0 Å². The third-order valence-corrected chi connectivity index (χ3v) is 3.48. The minimum Gasteiger partial charge on any atom is -0.356 e. The van der Waals surface area contributed by atoms with E-state index >= 15 is 0 Å². The van der Waals surface area contributed by atoms with Gasteiger partial charge in [0.2, 0.25) is 0 Å². The average molecular weight is 249 g/mol. The highest BCUT2D eigenvalue weighted by atomic mass is 15.3. The molecule has 18 heavy (non-hydrogen) atoms. The molecule has 2 heterocycles. The number of rotatable bonds is 3. The van der Waals surface area contributed by atoms with E-state index in [0.717, 1.165) is 30.3 Å². The summed E-state index contributed by atoms with van der Waals surface area (Å²) in [5.41, 5.74) is 3.82. The summed E-state index contributed by atoms with van der Waals surface area (Å²) >= 11 is 0. The monoisotopic (exact) mass is 249 g/mol. The van der Waals surface area contributed by atoms with Gasteiger partial charge in [0.15, 0.2) is 0 Å². The molecule has 2 rings (SSSR count). The Kier molecular flexibility index (Phi) is 4.36. The zero-order chi connectivity index (χ0) is 13.0. The Morgan fingerprint density at radius 3 is 2.39 bits per heavy atom. The molecule has 100 valence electrons. The van der Waals surface area contributed by atoms with E-state index in [0.29, 0.717) is 5.92 Å². The lowest BCUT2D eigenvalue weighted by Crippen LogP contribution is -2.27. The van der Waals surface area contributed by atoms with Gasteiger partial charge in [0.1, 0.15) is 18.0 Å². The maximum absolute atomic E-state index is 5.56. The molecule has 0 atom stereocenters. The molecule has 1 aromatic rings. The van der Waals surface area contributed by atoms with Crippen molar-refractivity contribution in [1.29, 1.82) is 0 Å². The second-order valence-corrected chi connectivity index (χ2v) is 5.16. The highest BCUT2D eigenvalue weighted by Gasteiger charge is 2.20. The summed E-state index contributed by atoms with van der Waals surface area (Å²) in [6.07, 6.45) is 6.72. The van der Waals surface area contributed by atoms with Crippen LogP contribution in [0.4, 0.5) is 11.6 Å². The zero-order valence-electron chi connectivity index (χ0n) is 11.3. The number of nitrogens with zero attached hydrogens (tertiary/aromatic N) is 3. The summed E-state index contributed by atoms with van der Waals surface area (Å²) < 4.78 is 0. The largest absolute Gasteiger partial charge is 0.356 e. The molecule has 0 spiro atoms. The number of nitrogens with one attached hydrogen (secondary N) is 1. The molecule has 1 fully saturated rings. The quantitative estimate of drug-likeness (QED) is 0.635. The van der Waals surface area contributed by atoms with E-state index in [2.05, 4.69) is 34.1 Å². The number of anilines is 2. The van der Waals surface area contributed by atoms with Gasteiger partial charge in [0.25, 0.3) is 0 Å². The smallest absolute Gasteiger partial charge is 0.148 e. The van der Waals surface area contributed by atoms with Crippen LogP contribution in [0.5, 0.6) is 0 Å². The van der Waals surface area contributed by atoms with Crippen molar-refractivity contribution in [2.24, 2.45) is 5.84 Å². The number of hydrazine groups is 1. The van der Waals surface area contributed by atoms with Gasteiger partial charge in [-0.1, -0.05) is 26.7 Å². The Bertz CT molecular complexity index is 383. The van der Waals surface area contributed by atoms with Crippen molar-refractivity contribution in [3.8, 4) is 0 Å². The molecule has 0 amide bonds. The van der Waals surface area contributed by atoms with Crippen LogP contribution in [-0.4, -0.2) is 23.1 Å². The Morgan fingerprint density at radius 2 is 1.83 bits per heavy atom. The summed E-state index contributed by atoms with van der Waals surface area (Å²) in [6.45, 7) is 6.48. The van der Waals surface area contributed by atoms with Crippen molar-refractivity contribution < 1.29 is 0 Å². The van der Waals surface area contributed by atoms with Gasteiger partial charge in [-0.05, 0) is 18.8 Å². The highest BCUT2D eigenvalue weighted by molar-refractivity contribution is 5.59. The normalized spacial score (nSPS) is 16.8. The van der Waals surface area contributed by atoms with Crippen molar-refractivity contribution in [1.82, 2.24) is 9.97 Å². The predicted molar refractivity (Wildman–Crippen MR) is 74.6 cm³/mol. The standard InChI is InChI=1S/C13H23N5/c1-10(2)11-12(17-14)15-9-16-13(11)18-7-5-3-4-6-8-18/h9-10H,3-8,14H2,1-2H3,(H,15,16,17). The van der Waals surface area contributed by atoms with Crippen LogP contribution in [0, 0.1) is 0 Å². The summed E-state index contributed by atoms with van der Waals surface area (Å²) in [4.78, 5) is 11.1. The first-order chi connectivity index (χ1) is 8.74. The van der Waals surface area contributed by atoms with Gasteiger partial charge < -0.3 is 10.3 Å². The molecule has 1 aromatic heterocycles. The zero-order valence-corrected chi connectivity index (χ0v) is 11.3. The van der Waals surface area contributed by atoms with Gasteiger partial charge in [-0.3, -0.25) is 0 Å². The lowest BCUT2D eigenvalue weighted by atomic mass is 10.0. The van der Waals surface area contributed by atoms with Crippen LogP contribution in [-0.2, 0) is 0 Å². The number of hydrogen-bond donors (Lipinski definition) is 2. The summed E-state index contributed by atoms with van der Waals surface area (Å²) in [7, 11) is 0. The topological polar surface area (TPSA) is 67.1 Å². The maximum atomic E-state index is 5.56. The second kappa shape index (κ2) is 6.00. The van der Waals surface area contributed by atoms with Gasteiger partial charge in [0, 0.05) is 18.7 Å². The van der Waals surface area contributed by atoms with Crippen molar-refractivity contribution in [3.63, 3.8) is 0 Å². The van der Waals surface area contributed by atoms with E-state index in [4.69, 9.17) is 5.84 Å². The lowest BCUT2D eigenvalue weighted by Gasteiger charge is -2.26. The number of nitrogens with two attached hydrogens (primary N) is 1. The van der Waals surface area contributed by atoms with Crippen LogP contribution in [0.3, 0.4) is 0 Å². The highest BCUT2D eigenvalue weighted by Crippen LogP contribution is 2.31. The minimum absolute atomic E-state index is 0.357. The van der Waals surface area contributed by atoms with Gasteiger partial charge in [-0.2, -0.15) is 0 Å². The fourth-order valence-corrected chi connectivity index (χ4v) is 2.57. The van der Waals surface area contributed by atoms with Crippen molar-refractivity contribution >= 4 is 11.6 Å². The van der Waals surface area contributed by atoms with Gasteiger partial charge in [-0.25, -0.2) is 15.8 Å². The Labute approximate surface area is 109 Å². The lowest BCUT2D eigenvalue weighted by molar-refractivity contribution is 0.726. The molecule has 0 unspecified atom stereocenters. The Balaban J connectivity index is 2.35. The molecule has 1 saturated heterocycles. The second-order valence-electron chi connectivity index (χ2n) is 5.16. The van der Waals surface area contributed by atoms with Crippen LogP contribution >= 0.6 is 0 Å². The van der Waals surface area contributed by atoms with Gasteiger partial charge in [0.05, 0.1) is 0 Å². The third-order valence-electron chi connectivity index (χ3n) is 3.48. The van der Waals surface area contributed by atoms with Crippen LogP contribution < -0.4 is 16.2 Å². The molecular formula is C13H23N5. The fraction of sp³-hybridized carbons (Fsp3) is 0.692. The molecule has 0 saturated carbocycles. The van der Waals surface area contributed by atoms with Crippen LogP contribution in [0.2, 0.25) is 0 Å². The van der Waals surface area contributed by atoms with Crippen molar-refractivity contribution in [2.75, 3.05) is 23.4 Å². The molecule has 1 aliphatic rings. The Morgan fingerprint density at radius 1 is 1.17 bits per heavy atom. The van der Waals surface area contributed by atoms with E-state index in [1.807, 2.05) is 0 Å². The van der Waals surface area contributed by atoms with E-state index in [9.17, 15) is 0 Å². The molecule has 5 heteroatoms. The first-order valence-electron chi connectivity index (χ1n) is 6.80. The van der Waals surface area contributed by atoms with Crippen molar-refractivity contribution in [2.45, 2.75) is 45.4 Å². The first kappa shape index (κ1) is 13.1. The van der Waals surface area contributed by atoms with Crippen LogP contribution in [0.1, 0.15) is 51.0 Å². The van der Waals surface area contributed by atoms with Gasteiger partial charge >= 0.3 is 0 Å². The fourth-order valence-electron chi connectivity index (χ4n) is 2.57. The molecule has 3 N–H and O–H groups in total. The molecule has 0 bridgehead atoms. The molecule has 0 radical (unpaired) electrons. The number of nitrogen functional groups attached to an aromatic ring is 1. The Hall–Kier alpha value is -1.36. The van der Waals surface area contributed by atoms with E-state index in [-0.39, 0.29) is 0 Å². The van der Waals surface area contributed by atoms with Gasteiger partial charge in [-0.15, -0.1) is 0 Å². The molecule has 0 aliphatic carbocycles. The van der Waals surface area contributed by atoms with E-state index in [1.54, 1.807) is 6.33 Å². The molecule has 1 aliphatic heterocycles. The predicted octanol–water partition coefficient (Wildman–Crippen LogP) is 2.27. The third kappa shape index (κ3) is 2.72. The number of hydrogen-bond acceptors (Lipinski definition) is 5. The molecule has 5 nitrogen and oxygen atoms in total. The van der Waals surface area contributed by atoms with Crippen LogP contribution in [0.15, 0.2) is 6.33 Å². The van der Waals surface area contributed by atoms with Crippen molar-refractivity contribution in [3.05, 3.63) is 11.9 Å². The van der Waals surface area contributed by atoms with E-state index in [1.165, 1.54) is 25.7 Å². The maximum Gasteiger partial charge on any atom is 0.148 e. The molecule has 0 aromatic carbocycles.